The van der Waals surface area contributed by atoms with E-state index in [1.807, 2.05) is 70.2 Å². The number of nitrogens with zero attached hydrogens (tertiary/aromatic N) is 4. The standard InChI is InChI=1S/C33H40N6O4/c1-21-13-14-24-25(10-6-12-27(24)36-19-22(2)40)29(21)42-30-26(11-7-16-34-30)28-15-17-35-31(38-28)37-23-9-8-18-39(20-23)32(41)43-33(3,4)5/h6-7,10-17,22-23,36,40H,8-9,18-20H2,1-5H3,(H,35,37,38)/t22-,23+/m1/s1. The van der Waals surface area contributed by atoms with Crippen molar-refractivity contribution in [3.63, 3.8) is 0 Å². The van der Waals surface area contributed by atoms with Crippen LogP contribution < -0.4 is 15.4 Å². The number of hydrogen-bond acceptors (Lipinski definition) is 9. The number of anilines is 2. The van der Waals surface area contributed by atoms with Gasteiger partial charge < -0.3 is 30.1 Å². The van der Waals surface area contributed by atoms with Gasteiger partial charge in [0.15, 0.2) is 0 Å². The molecule has 3 N–H and O–H groups in total. The Morgan fingerprint density at radius 1 is 1.09 bits per heavy atom. The average molecular weight is 585 g/mol. The monoisotopic (exact) mass is 584 g/mol. The number of ether oxygens (including phenoxy) is 2. The van der Waals surface area contributed by atoms with Gasteiger partial charge in [-0.1, -0.05) is 24.3 Å². The molecule has 0 spiro atoms. The molecule has 4 aromatic rings. The van der Waals surface area contributed by atoms with Crippen molar-refractivity contribution in [2.75, 3.05) is 30.3 Å². The Morgan fingerprint density at radius 2 is 1.93 bits per heavy atom. The number of pyridine rings is 1. The van der Waals surface area contributed by atoms with Crippen molar-refractivity contribution >= 4 is 28.5 Å². The van der Waals surface area contributed by atoms with Gasteiger partial charge in [0, 0.05) is 54.5 Å². The summed E-state index contributed by atoms with van der Waals surface area (Å²) in [6.45, 7) is 11.0. The molecule has 2 aromatic heterocycles. The highest BCUT2D eigenvalue weighted by atomic mass is 16.6. The Balaban J connectivity index is 1.38. The first kappa shape index (κ1) is 30.0. The van der Waals surface area contributed by atoms with Crippen molar-refractivity contribution in [2.24, 2.45) is 0 Å². The van der Waals surface area contributed by atoms with Crippen LogP contribution in [0.15, 0.2) is 60.9 Å². The normalized spacial score (nSPS) is 16.0. The zero-order chi connectivity index (χ0) is 30.6. The SMILES string of the molecule is Cc1ccc2c(NC[C@@H](C)O)cccc2c1Oc1ncccc1-c1ccnc(N[C@H]2CCCN(C(=O)OC(C)(C)C)C2)n1. The van der Waals surface area contributed by atoms with Crippen molar-refractivity contribution in [1.29, 1.82) is 0 Å². The van der Waals surface area contributed by atoms with Crippen LogP contribution in [0.5, 0.6) is 11.6 Å². The predicted octanol–water partition coefficient (Wildman–Crippen LogP) is 6.40. The first-order valence-corrected chi connectivity index (χ1v) is 14.7. The van der Waals surface area contributed by atoms with Crippen molar-refractivity contribution in [3.8, 4) is 22.9 Å². The smallest absolute Gasteiger partial charge is 0.410 e. The summed E-state index contributed by atoms with van der Waals surface area (Å²) < 4.78 is 12.1. The van der Waals surface area contributed by atoms with Gasteiger partial charge in [-0.3, -0.25) is 0 Å². The van der Waals surface area contributed by atoms with Crippen molar-refractivity contribution in [3.05, 3.63) is 66.5 Å². The number of hydrogen-bond donors (Lipinski definition) is 3. The van der Waals surface area contributed by atoms with Gasteiger partial charge in [-0.05, 0) is 77.3 Å². The van der Waals surface area contributed by atoms with Gasteiger partial charge >= 0.3 is 6.09 Å². The number of nitrogens with one attached hydrogen (secondary N) is 2. The van der Waals surface area contributed by atoms with Crippen LogP contribution >= 0.6 is 0 Å². The number of amides is 1. The molecule has 1 amide bonds. The number of carbonyl (C=O) groups is 1. The fraction of sp³-hybridized carbons (Fsp3) is 0.394. The first-order valence-electron chi connectivity index (χ1n) is 14.7. The number of aryl methyl sites for hydroxylation is 1. The van der Waals surface area contributed by atoms with Gasteiger partial charge in [-0.25, -0.2) is 19.7 Å². The Bertz CT molecular complexity index is 1590. The van der Waals surface area contributed by atoms with Crippen LogP contribution in [-0.4, -0.2) is 68.4 Å². The molecular weight excluding hydrogens is 544 g/mol. The third-order valence-electron chi connectivity index (χ3n) is 7.10. The molecule has 0 aliphatic carbocycles. The van der Waals surface area contributed by atoms with Crippen molar-refractivity contribution in [1.82, 2.24) is 19.9 Å². The summed E-state index contributed by atoms with van der Waals surface area (Å²) in [6.07, 6.45) is 4.38. The molecule has 226 valence electrons. The number of aliphatic hydroxyl groups is 1. The molecule has 2 atom stereocenters. The summed E-state index contributed by atoms with van der Waals surface area (Å²) in [5.41, 5.74) is 2.74. The summed E-state index contributed by atoms with van der Waals surface area (Å²) >= 11 is 0. The molecule has 0 unspecified atom stereocenters. The molecule has 0 bridgehead atoms. The summed E-state index contributed by atoms with van der Waals surface area (Å²) in [6, 6.07) is 15.7. The van der Waals surface area contributed by atoms with Crippen LogP contribution in [0.4, 0.5) is 16.4 Å². The molecule has 5 rings (SSSR count). The van der Waals surface area contributed by atoms with E-state index in [-0.39, 0.29) is 12.1 Å². The van der Waals surface area contributed by atoms with Gasteiger partial charge in [0.2, 0.25) is 11.8 Å². The zero-order valence-corrected chi connectivity index (χ0v) is 25.4. The van der Waals surface area contributed by atoms with Crippen LogP contribution in [0.3, 0.4) is 0 Å². The minimum Gasteiger partial charge on any atom is -0.444 e. The van der Waals surface area contributed by atoms with Gasteiger partial charge in [-0.15, -0.1) is 0 Å². The van der Waals surface area contributed by atoms with Gasteiger partial charge in [0.05, 0.1) is 17.4 Å². The molecule has 10 nitrogen and oxygen atoms in total. The number of benzene rings is 2. The van der Waals surface area contributed by atoms with Gasteiger partial charge in [0.1, 0.15) is 11.4 Å². The second-order valence-corrected chi connectivity index (χ2v) is 12.0. The lowest BCUT2D eigenvalue weighted by Crippen LogP contribution is -2.47. The number of fused-ring (bicyclic) bond motifs is 1. The van der Waals surface area contributed by atoms with E-state index in [0.717, 1.165) is 40.4 Å². The van der Waals surface area contributed by atoms with Crippen LogP contribution in [0.2, 0.25) is 0 Å². The molecule has 43 heavy (non-hydrogen) atoms. The third-order valence-corrected chi connectivity index (χ3v) is 7.10. The predicted molar refractivity (Wildman–Crippen MR) is 169 cm³/mol. The van der Waals surface area contributed by atoms with E-state index in [9.17, 15) is 9.90 Å². The molecule has 2 aromatic carbocycles. The molecule has 1 aliphatic rings. The number of aliphatic hydroxyl groups excluding tert-OH is 1. The minimum atomic E-state index is -0.541. The fourth-order valence-corrected chi connectivity index (χ4v) is 5.10. The lowest BCUT2D eigenvalue weighted by molar-refractivity contribution is 0.0206. The number of rotatable bonds is 8. The highest BCUT2D eigenvalue weighted by Crippen LogP contribution is 2.38. The molecule has 10 heteroatoms. The lowest BCUT2D eigenvalue weighted by Gasteiger charge is -2.34. The third kappa shape index (κ3) is 7.50. The number of piperidine rings is 1. The van der Waals surface area contributed by atoms with Crippen molar-refractivity contribution in [2.45, 2.75) is 65.2 Å². The van der Waals surface area contributed by atoms with Crippen LogP contribution in [0.1, 0.15) is 46.1 Å². The van der Waals surface area contributed by atoms with E-state index < -0.39 is 11.7 Å². The fourth-order valence-electron chi connectivity index (χ4n) is 5.10. The summed E-state index contributed by atoms with van der Waals surface area (Å²) in [5, 5.41) is 18.4. The van der Waals surface area contributed by atoms with E-state index in [2.05, 4.69) is 26.7 Å². The van der Waals surface area contributed by atoms with E-state index in [0.29, 0.717) is 42.9 Å². The maximum atomic E-state index is 12.6. The number of carbonyl (C=O) groups excluding carboxylic acids is 1. The van der Waals surface area contributed by atoms with Crippen LogP contribution in [0.25, 0.3) is 22.0 Å². The van der Waals surface area contributed by atoms with E-state index in [1.54, 1.807) is 24.2 Å². The van der Waals surface area contributed by atoms with Gasteiger partial charge in [-0.2, -0.15) is 0 Å². The Morgan fingerprint density at radius 3 is 2.72 bits per heavy atom. The molecular formula is C33H40N6O4. The maximum Gasteiger partial charge on any atom is 0.410 e. The highest BCUT2D eigenvalue weighted by molar-refractivity contribution is 5.98. The summed E-state index contributed by atoms with van der Waals surface area (Å²) in [7, 11) is 0. The van der Waals surface area contributed by atoms with E-state index in [1.165, 1.54) is 0 Å². The second-order valence-electron chi connectivity index (χ2n) is 12.0. The Labute approximate surface area is 252 Å². The highest BCUT2D eigenvalue weighted by Gasteiger charge is 2.28. The quantitative estimate of drug-likeness (QED) is 0.216. The topological polar surface area (TPSA) is 122 Å². The number of likely N-dealkylation sites (tertiary alicyclic amines) is 1. The zero-order valence-electron chi connectivity index (χ0n) is 25.4. The molecule has 1 fully saturated rings. The second kappa shape index (κ2) is 12.8. The first-order chi connectivity index (χ1) is 20.6. The van der Waals surface area contributed by atoms with Crippen molar-refractivity contribution < 1.29 is 19.4 Å². The Hall–Kier alpha value is -4.44. The van der Waals surface area contributed by atoms with E-state index >= 15 is 0 Å². The molecule has 1 saturated heterocycles. The maximum absolute atomic E-state index is 12.6. The molecule has 1 aliphatic heterocycles. The summed E-state index contributed by atoms with van der Waals surface area (Å²) in [4.78, 5) is 28.2. The summed E-state index contributed by atoms with van der Waals surface area (Å²) in [5.74, 6) is 1.60. The van der Waals surface area contributed by atoms with E-state index in [4.69, 9.17) is 14.5 Å². The molecule has 0 saturated carbocycles. The average Bonchev–Trinajstić information content (AvgIpc) is 2.97. The van der Waals surface area contributed by atoms with Crippen LogP contribution in [-0.2, 0) is 4.74 Å². The van der Waals surface area contributed by atoms with Crippen LogP contribution in [0, 0.1) is 6.92 Å². The molecule has 3 heterocycles. The largest absolute Gasteiger partial charge is 0.444 e. The molecule has 0 radical (unpaired) electrons. The lowest BCUT2D eigenvalue weighted by atomic mass is 10.0. The Kier molecular flexibility index (Phi) is 8.96. The number of aromatic nitrogens is 3. The minimum absolute atomic E-state index is 0.00361. The van der Waals surface area contributed by atoms with Gasteiger partial charge in [0.25, 0.3) is 0 Å².